The standard InChI is InChI=1S/C36H25NO/c1-4-11-25(12-5-1)28-21-29(26-13-6-2-7-14-26)23-31(22-28)37-30-19-20-34-33(24-30)36-32(17-10-18-35(36)38-34)27-15-8-3-9-16-27/h1-24,37H. The van der Waals surface area contributed by atoms with E-state index in [1.807, 2.05) is 12.1 Å². The minimum atomic E-state index is 0.886. The molecule has 0 saturated carbocycles. The quantitative estimate of drug-likeness (QED) is 0.261. The number of benzene rings is 6. The van der Waals surface area contributed by atoms with E-state index >= 15 is 0 Å². The van der Waals surface area contributed by atoms with Crippen LogP contribution in [0.15, 0.2) is 150 Å². The molecule has 0 radical (unpaired) electrons. The number of hydrogen-bond acceptors (Lipinski definition) is 2. The monoisotopic (exact) mass is 487 g/mol. The van der Waals surface area contributed by atoms with Gasteiger partial charge in [0.2, 0.25) is 0 Å². The van der Waals surface area contributed by atoms with Gasteiger partial charge >= 0.3 is 0 Å². The average Bonchev–Trinajstić information content (AvgIpc) is 3.36. The van der Waals surface area contributed by atoms with Crippen molar-refractivity contribution in [1.29, 1.82) is 0 Å². The van der Waals surface area contributed by atoms with Gasteiger partial charge in [0.25, 0.3) is 0 Å². The van der Waals surface area contributed by atoms with Crippen LogP contribution in [-0.4, -0.2) is 0 Å². The van der Waals surface area contributed by atoms with Crippen molar-refractivity contribution in [3.05, 3.63) is 146 Å². The molecule has 0 bridgehead atoms. The summed E-state index contributed by atoms with van der Waals surface area (Å²) in [6.07, 6.45) is 0. The van der Waals surface area contributed by atoms with Crippen LogP contribution in [0.25, 0.3) is 55.3 Å². The zero-order chi connectivity index (χ0) is 25.3. The summed E-state index contributed by atoms with van der Waals surface area (Å²) in [5, 5.41) is 5.93. The SMILES string of the molecule is c1ccc(-c2cc(Nc3ccc4oc5cccc(-c6ccccc6)c5c4c3)cc(-c3ccccc3)c2)cc1. The molecule has 7 rings (SSSR count). The fourth-order valence-electron chi connectivity index (χ4n) is 5.22. The van der Waals surface area contributed by atoms with Gasteiger partial charge in [-0.25, -0.2) is 0 Å². The third-order valence-electron chi connectivity index (χ3n) is 7.02. The van der Waals surface area contributed by atoms with Crippen molar-refractivity contribution in [2.45, 2.75) is 0 Å². The molecule has 1 heterocycles. The molecule has 1 aromatic heterocycles. The molecule has 2 heteroatoms. The summed E-state index contributed by atoms with van der Waals surface area (Å²) < 4.78 is 6.25. The molecule has 6 aromatic carbocycles. The van der Waals surface area contributed by atoms with Gasteiger partial charge in [-0.05, 0) is 75.8 Å². The summed E-state index contributed by atoms with van der Waals surface area (Å²) >= 11 is 0. The maximum Gasteiger partial charge on any atom is 0.136 e. The van der Waals surface area contributed by atoms with E-state index < -0.39 is 0 Å². The molecule has 0 aliphatic rings. The van der Waals surface area contributed by atoms with E-state index in [0.29, 0.717) is 0 Å². The first-order valence-corrected chi connectivity index (χ1v) is 12.9. The molecule has 0 unspecified atom stereocenters. The molecule has 0 aliphatic carbocycles. The van der Waals surface area contributed by atoms with Gasteiger partial charge < -0.3 is 9.73 Å². The number of furan rings is 1. The van der Waals surface area contributed by atoms with Crippen molar-refractivity contribution in [2.75, 3.05) is 5.32 Å². The van der Waals surface area contributed by atoms with E-state index in [0.717, 1.165) is 33.3 Å². The van der Waals surface area contributed by atoms with Crippen LogP contribution in [0.1, 0.15) is 0 Å². The summed E-state index contributed by atoms with van der Waals surface area (Å²) in [5.41, 5.74) is 10.9. The van der Waals surface area contributed by atoms with E-state index in [-0.39, 0.29) is 0 Å². The number of hydrogen-bond donors (Lipinski definition) is 1. The molecule has 7 aromatic rings. The predicted molar refractivity (Wildman–Crippen MR) is 160 cm³/mol. The molecule has 0 amide bonds. The van der Waals surface area contributed by atoms with Crippen LogP contribution in [0.5, 0.6) is 0 Å². The second-order valence-corrected chi connectivity index (χ2v) is 9.51. The van der Waals surface area contributed by atoms with E-state index in [2.05, 4.69) is 139 Å². The smallest absolute Gasteiger partial charge is 0.136 e. The Morgan fingerprint density at radius 3 is 1.63 bits per heavy atom. The van der Waals surface area contributed by atoms with Gasteiger partial charge in [-0.1, -0.05) is 103 Å². The Kier molecular flexibility index (Phi) is 5.49. The number of rotatable bonds is 5. The van der Waals surface area contributed by atoms with Crippen LogP contribution < -0.4 is 5.32 Å². The highest BCUT2D eigenvalue weighted by Crippen LogP contribution is 2.38. The summed E-state index contributed by atoms with van der Waals surface area (Å²) in [7, 11) is 0. The third kappa shape index (κ3) is 4.12. The lowest BCUT2D eigenvalue weighted by Gasteiger charge is -2.13. The van der Waals surface area contributed by atoms with Crippen LogP contribution in [0.3, 0.4) is 0 Å². The molecular formula is C36H25NO. The van der Waals surface area contributed by atoms with Crippen molar-refractivity contribution in [2.24, 2.45) is 0 Å². The van der Waals surface area contributed by atoms with Crippen molar-refractivity contribution in [3.8, 4) is 33.4 Å². The maximum absolute atomic E-state index is 6.25. The highest BCUT2D eigenvalue weighted by atomic mass is 16.3. The summed E-state index contributed by atoms with van der Waals surface area (Å²) in [5.74, 6) is 0. The van der Waals surface area contributed by atoms with Crippen molar-refractivity contribution in [1.82, 2.24) is 0 Å². The third-order valence-corrected chi connectivity index (χ3v) is 7.02. The van der Waals surface area contributed by atoms with E-state index in [9.17, 15) is 0 Å². The number of fused-ring (bicyclic) bond motifs is 3. The van der Waals surface area contributed by atoms with Crippen molar-refractivity contribution in [3.63, 3.8) is 0 Å². The topological polar surface area (TPSA) is 25.2 Å². The molecule has 2 nitrogen and oxygen atoms in total. The highest BCUT2D eigenvalue weighted by Gasteiger charge is 2.13. The molecule has 0 spiro atoms. The maximum atomic E-state index is 6.25. The van der Waals surface area contributed by atoms with Crippen molar-refractivity contribution >= 4 is 33.3 Å². The molecule has 0 atom stereocenters. The number of nitrogens with one attached hydrogen (secondary N) is 1. The van der Waals surface area contributed by atoms with Gasteiger partial charge in [-0.15, -0.1) is 0 Å². The lowest BCUT2D eigenvalue weighted by atomic mass is 9.98. The van der Waals surface area contributed by atoms with Gasteiger partial charge in [0.15, 0.2) is 0 Å². The molecular weight excluding hydrogens is 462 g/mol. The summed E-state index contributed by atoms with van der Waals surface area (Å²) in [4.78, 5) is 0. The zero-order valence-corrected chi connectivity index (χ0v) is 20.8. The Morgan fingerprint density at radius 1 is 0.395 bits per heavy atom. The van der Waals surface area contributed by atoms with Gasteiger partial charge in [-0.3, -0.25) is 0 Å². The largest absolute Gasteiger partial charge is 0.456 e. The Labute approximate surface area is 221 Å². The lowest BCUT2D eigenvalue weighted by molar-refractivity contribution is 0.669. The van der Waals surface area contributed by atoms with E-state index in [1.54, 1.807) is 0 Å². The average molecular weight is 488 g/mol. The molecule has 38 heavy (non-hydrogen) atoms. The van der Waals surface area contributed by atoms with Crippen LogP contribution in [0, 0.1) is 0 Å². The van der Waals surface area contributed by atoms with Crippen molar-refractivity contribution < 1.29 is 4.42 Å². The normalized spacial score (nSPS) is 11.2. The van der Waals surface area contributed by atoms with E-state index in [4.69, 9.17) is 4.42 Å². The zero-order valence-electron chi connectivity index (χ0n) is 20.8. The Balaban J connectivity index is 1.35. The minimum absolute atomic E-state index is 0.886. The first-order chi connectivity index (χ1) is 18.8. The second-order valence-electron chi connectivity index (χ2n) is 9.51. The second kappa shape index (κ2) is 9.42. The first-order valence-electron chi connectivity index (χ1n) is 12.9. The Bertz CT molecular complexity index is 1810. The number of anilines is 2. The molecule has 0 aliphatic heterocycles. The van der Waals surface area contributed by atoms with Crippen LogP contribution in [0.2, 0.25) is 0 Å². The minimum Gasteiger partial charge on any atom is -0.456 e. The Morgan fingerprint density at radius 2 is 1.00 bits per heavy atom. The van der Waals surface area contributed by atoms with Crippen LogP contribution in [0.4, 0.5) is 11.4 Å². The van der Waals surface area contributed by atoms with Crippen LogP contribution in [-0.2, 0) is 0 Å². The first kappa shape index (κ1) is 22.1. The molecule has 0 saturated heterocycles. The fraction of sp³-hybridized carbons (Fsp3) is 0. The molecule has 0 fully saturated rings. The van der Waals surface area contributed by atoms with Gasteiger partial charge in [0.1, 0.15) is 11.2 Å². The van der Waals surface area contributed by atoms with Crippen LogP contribution >= 0.6 is 0 Å². The van der Waals surface area contributed by atoms with Gasteiger partial charge in [0, 0.05) is 22.1 Å². The highest BCUT2D eigenvalue weighted by molar-refractivity contribution is 6.13. The fourth-order valence-corrected chi connectivity index (χ4v) is 5.22. The van der Waals surface area contributed by atoms with Gasteiger partial charge in [-0.2, -0.15) is 0 Å². The summed E-state index contributed by atoms with van der Waals surface area (Å²) in [6.45, 7) is 0. The Hall–Kier alpha value is -5.08. The summed E-state index contributed by atoms with van der Waals surface area (Å²) in [6, 6.07) is 50.9. The van der Waals surface area contributed by atoms with Gasteiger partial charge in [0.05, 0.1) is 0 Å². The predicted octanol–water partition coefficient (Wildman–Crippen LogP) is 10.3. The molecule has 1 N–H and O–H groups in total. The lowest BCUT2D eigenvalue weighted by Crippen LogP contribution is -1.92. The molecule has 180 valence electrons. The van der Waals surface area contributed by atoms with E-state index in [1.165, 1.54) is 33.4 Å².